The lowest BCUT2D eigenvalue weighted by atomic mass is 10.0. The number of Topliss-reactive ketones (excluding diaryl/α,β-unsaturated/α-hetero) is 1. The number of rotatable bonds is 5. The van der Waals surface area contributed by atoms with Crippen LogP contribution >= 0.6 is 23.2 Å². The number of halogens is 2. The van der Waals surface area contributed by atoms with E-state index in [1.54, 1.807) is 32.0 Å². The number of nitrogens with zero attached hydrogens (tertiary/aromatic N) is 4. The van der Waals surface area contributed by atoms with Crippen LogP contribution in [0.25, 0.3) is 28.0 Å². The van der Waals surface area contributed by atoms with E-state index in [0.717, 1.165) is 5.56 Å². The van der Waals surface area contributed by atoms with Crippen molar-refractivity contribution >= 4 is 34.6 Å². The van der Waals surface area contributed by atoms with E-state index in [9.17, 15) is 9.59 Å². The summed E-state index contributed by atoms with van der Waals surface area (Å²) in [5.41, 5.74) is 2.67. The first-order valence-corrected chi connectivity index (χ1v) is 10.2. The van der Waals surface area contributed by atoms with Gasteiger partial charge >= 0.3 is 5.69 Å². The van der Waals surface area contributed by atoms with E-state index in [0.29, 0.717) is 44.8 Å². The third kappa shape index (κ3) is 3.53. The molecule has 6 nitrogen and oxygen atoms in total. The van der Waals surface area contributed by atoms with Crippen LogP contribution in [0.1, 0.15) is 19.2 Å². The first-order valence-electron chi connectivity index (χ1n) is 9.43. The molecular weight excluding hydrogens is 423 g/mol. The summed E-state index contributed by atoms with van der Waals surface area (Å²) >= 11 is 12.5. The van der Waals surface area contributed by atoms with Crippen LogP contribution in [0, 0.1) is 6.92 Å². The quantitative estimate of drug-likeness (QED) is 0.445. The van der Waals surface area contributed by atoms with Crippen molar-refractivity contribution in [3.8, 4) is 22.4 Å². The van der Waals surface area contributed by atoms with Crippen LogP contribution in [0.15, 0.2) is 53.3 Å². The van der Waals surface area contributed by atoms with E-state index in [4.69, 9.17) is 23.2 Å². The van der Waals surface area contributed by atoms with Gasteiger partial charge in [-0.15, -0.1) is 0 Å². The van der Waals surface area contributed by atoms with Gasteiger partial charge in [0.1, 0.15) is 11.5 Å². The van der Waals surface area contributed by atoms with Crippen LogP contribution in [0.3, 0.4) is 0 Å². The molecule has 2 aromatic carbocycles. The molecule has 0 bridgehead atoms. The molecule has 152 valence electrons. The Hall–Kier alpha value is -2.96. The van der Waals surface area contributed by atoms with Gasteiger partial charge in [0.25, 0.3) is 0 Å². The Bertz CT molecular complexity index is 1320. The zero-order chi connectivity index (χ0) is 21.4. The van der Waals surface area contributed by atoms with E-state index in [-0.39, 0.29) is 12.3 Å². The average molecular weight is 441 g/mol. The monoisotopic (exact) mass is 440 g/mol. The number of aromatic nitrogens is 4. The molecular formula is C22H18Cl2N4O2. The molecule has 0 aliphatic heterocycles. The number of carbonyl (C=O) groups is 1. The second-order valence-electron chi connectivity index (χ2n) is 6.87. The van der Waals surface area contributed by atoms with Crippen LogP contribution in [-0.2, 0) is 11.3 Å². The standard InChI is InChI=1S/C22H18Cl2N4O2/c1-3-16(29)12-27-13(2)25-21-19(14-8-10-15(23)11-9-14)20(26-28(21)22(27)30)17-6-4-5-7-18(17)24/h4-11H,3,12H2,1-2H3. The number of aryl methyl sites for hydroxylation is 1. The topological polar surface area (TPSA) is 69.3 Å². The molecule has 0 spiro atoms. The van der Waals surface area contributed by atoms with Gasteiger partial charge in [-0.05, 0) is 30.7 Å². The number of carbonyl (C=O) groups excluding carboxylic acids is 1. The van der Waals surface area contributed by atoms with Gasteiger partial charge in [-0.3, -0.25) is 9.36 Å². The van der Waals surface area contributed by atoms with Crippen molar-refractivity contribution in [3.05, 3.63) is 74.9 Å². The molecule has 4 rings (SSSR count). The largest absolute Gasteiger partial charge is 0.352 e. The second kappa shape index (κ2) is 8.05. The summed E-state index contributed by atoms with van der Waals surface area (Å²) in [4.78, 5) is 29.8. The van der Waals surface area contributed by atoms with E-state index in [1.165, 1.54) is 9.08 Å². The van der Waals surface area contributed by atoms with Crippen molar-refractivity contribution in [2.45, 2.75) is 26.8 Å². The lowest BCUT2D eigenvalue weighted by Gasteiger charge is -2.09. The molecule has 0 radical (unpaired) electrons. The maximum atomic E-state index is 13.2. The van der Waals surface area contributed by atoms with Gasteiger partial charge in [0, 0.05) is 17.0 Å². The number of hydrogen-bond acceptors (Lipinski definition) is 4. The van der Waals surface area contributed by atoms with Gasteiger partial charge < -0.3 is 0 Å². The SMILES string of the molecule is CCC(=O)Cn1c(C)nc2c(-c3ccc(Cl)cc3)c(-c3ccccc3Cl)nn2c1=O. The van der Waals surface area contributed by atoms with Crippen LogP contribution in [-0.4, -0.2) is 24.9 Å². The van der Waals surface area contributed by atoms with E-state index in [1.807, 2.05) is 30.3 Å². The molecule has 0 saturated carbocycles. The molecule has 0 saturated heterocycles. The number of benzene rings is 2. The molecule has 0 aliphatic rings. The zero-order valence-corrected chi connectivity index (χ0v) is 17.9. The number of hydrogen-bond donors (Lipinski definition) is 0. The molecule has 0 atom stereocenters. The summed E-state index contributed by atoms with van der Waals surface area (Å²) in [6, 6.07) is 14.5. The summed E-state index contributed by atoms with van der Waals surface area (Å²) in [5, 5.41) is 5.67. The van der Waals surface area contributed by atoms with Crippen LogP contribution in [0.4, 0.5) is 0 Å². The fourth-order valence-electron chi connectivity index (χ4n) is 3.31. The summed E-state index contributed by atoms with van der Waals surface area (Å²) in [5.74, 6) is 0.382. The Morgan fingerprint density at radius 2 is 1.77 bits per heavy atom. The number of fused-ring (bicyclic) bond motifs is 1. The van der Waals surface area contributed by atoms with Crippen molar-refractivity contribution in [1.82, 2.24) is 19.2 Å². The predicted molar refractivity (Wildman–Crippen MR) is 118 cm³/mol. The maximum Gasteiger partial charge on any atom is 0.352 e. The summed E-state index contributed by atoms with van der Waals surface area (Å²) < 4.78 is 2.58. The van der Waals surface area contributed by atoms with Crippen LogP contribution in [0.5, 0.6) is 0 Å². The minimum absolute atomic E-state index is 0.0400. The molecule has 0 aliphatic carbocycles. The van der Waals surface area contributed by atoms with Crippen LogP contribution < -0.4 is 5.69 Å². The van der Waals surface area contributed by atoms with Gasteiger partial charge in [-0.1, -0.05) is 60.5 Å². The van der Waals surface area contributed by atoms with Crippen molar-refractivity contribution in [2.75, 3.05) is 0 Å². The Kier molecular flexibility index (Phi) is 5.45. The molecule has 0 unspecified atom stereocenters. The highest BCUT2D eigenvalue weighted by Crippen LogP contribution is 2.37. The fraction of sp³-hybridized carbons (Fsp3) is 0.182. The van der Waals surface area contributed by atoms with Gasteiger partial charge in [-0.25, -0.2) is 9.78 Å². The van der Waals surface area contributed by atoms with Crippen molar-refractivity contribution < 1.29 is 4.79 Å². The first kappa shape index (κ1) is 20.3. The van der Waals surface area contributed by atoms with Crippen molar-refractivity contribution in [1.29, 1.82) is 0 Å². The number of ketones is 1. The maximum absolute atomic E-state index is 13.2. The van der Waals surface area contributed by atoms with E-state index >= 15 is 0 Å². The summed E-state index contributed by atoms with van der Waals surface area (Å²) in [7, 11) is 0. The highest BCUT2D eigenvalue weighted by molar-refractivity contribution is 6.33. The molecule has 2 heterocycles. The normalized spacial score (nSPS) is 11.2. The molecule has 0 N–H and O–H groups in total. The highest BCUT2D eigenvalue weighted by atomic mass is 35.5. The average Bonchev–Trinajstić information content (AvgIpc) is 3.11. The Morgan fingerprint density at radius 1 is 1.07 bits per heavy atom. The van der Waals surface area contributed by atoms with E-state index < -0.39 is 5.69 Å². The molecule has 30 heavy (non-hydrogen) atoms. The Labute approximate surface area is 182 Å². The highest BCUT2D eigenvalue weighted by Gasteiger charge is 2.22. The lowest BCUT2D eigenvalue weighted by Crippen LogP contribution is -2.32. The summed E-state index contributed by atoms with van der Waals surface area (Å²) in [6.45, 7) is 3.43. The minimum Gasteiger partial charge on any atom is -0.298 e. The third-order valence-electron chi connectivity index (χ3n) is 4.92. The summed E-state index contributed by atoms with van der Waals surface area (Å²) in [6.07, 6.45) is 0.337. The lowest BCUT2D eigenvalue weighted by molar-refractivity contribution is -0.119. The van der Waals surface area contributed by atoms with E-state index in [2.05, 4.69) is 10.1 Å². The van der Waals surface area contributed by atoms with Gasteiger partial charge in [0.2, 0.25) is 0 Å². The molecule has 0 amide bonds. The Morgan fingerprint density at radius 3 is 2.43 bits per heavy atom. The Balaban J connectivity index is 2.07. The molecule has 2 aromatic heterocycles. The zero-order valence-electron chi connectivity index (χ0n) is 16.4. The second-order valence-corrected chi connectivity index (χ2v) is 7.71. The van der Waals surface area contributed by atoms with Gasteiger partial charge in [-0.2, -0.15) is 9.61 Å². The molecule has 0 fully saturated rings. The van der Waals surface area contributed by atoms with Crippen molar-refractivity contribution in [3.63, 3.8) is 0 Å². The molecule has 8 heteroatoms. The molecule has 4 aromatic rings. The first-order chi connectivity index (χ1) is 14.4. The van der Waals surface area contributed by atoms with Crippen molar-refractivity contribution in [2.24, 2.45) is 0 Å². The minimum atomic E-state index is -0.423. The van der Waals surface area contributed by atoms with Gasteiger partial charge in [0.05, 0.1) is 17.1 Å². The predicted octanol–water partition coefficient (Wildman–Crippen LogP) is 4.82. The smallest absolute Gasteiger partial charge is 0.298 e. The van der Waals surface area contributed by atoms with Crippen LogP contribution in [0.2, 0.25) is 10.0 Å². The van der Waals surface area contributed by atoms with Gasteiger partial charge in [0.15, 0.2) is 11.4 Å². The fourth-order valence-corrected chi connectivity index (χ4v) is 3.66. The third-order valence-corrected chi connectivity index (χ3v) is 5.50.